The molecule has 17 heavy (non-hydrogen) atoms. The third-order valence-electron chi connectivity index (χ3n) is 2.73. The summed E-state index contributed by atoms with van der Waals surface area (Å²) in [5.74, 6) is 0. The molecule has 0 amide bonds. The molecular weight excluding hydrogens is 246 g/mol. The molecule has 1 N–H and O–H groups in total. The molecule has 0 aromatic carbocycles. The Morgan fingerprint density at radius 1 is 1.29 bits per heavy atom. The SMILES string of the molecule is CCCNC(Cc1cccs1)c1ccc(C)s1. The standard InChI is InChI=1S/C14H19NS2/c1-3-8-15-13(10-12-5-4-9-16-12)14-7-6-11(2)17-14/h4-7,9,13,15H,3,8,10H2,1-2H3. The van der Waals surface area contributed by atoms with E-state index in [4.69, 9.17) is 0 Å². The van der Waals surface area contributed by atoms with Crippen LogP contribution in [-0.2, 0) is 6.42 Å². The fourth-order valence-electron chi connectivity index (χ4n) is 1.86. The van der Waals surface area contributed by atoms with Gasteiger partial charge in [0.25, 0.3) is 0 Å². The van der Waals surface area contributed by atoms with Gasteiger partial charge in [0.15, 0.2) is 0 Å². The number of hydrogen-bond donors (Lipinski definition) is 1. The zero-order valence-electron chi connectivity index (χ0n) is 10.4. The van der Waals surface area contributed by atoms with Gasteiger partial charge in [-0.15, -0.1) is 22.7 Å². The first kappa shape index (κ1) is 12.8. The van der Waals surface area contributed by atoms with E-state index in [0.29, 0.717) is 6.04 Å². The summed E-state index contributed by atoms with van der Waals surface area (Å²) < 4.78 is 0. The number of hydrogen-bond acceptors (Lipinski definition) is 3. The van der Waals surface area contributed by atoms with E-state index in [1.165, 1.54) is 21.1 Å². The second-order valence-corrected chi connectivity index (χ2v) is 6.59. The van der Waals surface area contributed by atoms with Crippen molar-refractivity contribution in [3.8, 4) is 0 Å². The Bertz CT molecular complexity index is 431. The van der Waals surface area contributed by atoms with Crippen LogP contribution in [0, 0.1) is 6.92 Å². The highest BCUT2D eigenvalue weighted by Gasteiger charge is 2.13. The number of rotatable bonds is 6. The Kier molecular flexibility index (Phi) is 4.77. The fraction of sp³-hybridized carbons (Fsp3) is 0.429. The lowest BCUT2D eigenvalue weighted by Crippen LogP contribution is -2.22. The monoisotopic (exact) mass is 265 g/mol. The van der Waals surface area contributed by atoms with Crippen molar-refractivity contribution in [2.75, 3.05) is 6.54 Å². The summed E-state index contributed by atoms with van der Waals surface area (Å²) >= 11 is 3.76. The minimum atomic E-state index is 0.479. The lowest BCUT2D eigenvalue weighted by Gasteiger charge is -2.16. The Morgan fingerprint density at radius 2 is 2.18 bits per heavy atom. The van der Waals surface area contributed by atoms with E-state index in [1.807, 2.05) is 22.7 Å². The molecule has 0 bridgehead atoms. The van der Waals surface area contributed by atoms with Crippen LogP contribution in [0.3, 0.4) is 0 Å². The van der Waals surface area contributed by atoms with Crippen LogP contribution >= 0.6 is 22.7 Å². The third-order valence-corrected chi connectivity index (χ3v) is 4.74. The van der Waals surface area contributed by atoms with Crippen molar-refractivity contribution in [2.45, 2.75) is 32.7 Å². The molecule has 1 nitrogen and oxygen atoms in total. The van der Waals surface area contributed by atoms with Crippen molar-refractivity contribution < 1.29 is 0 Å². The Morgan fingerprint density at radius 3 is 2.76 bits per heavy atom. The van der Waals surface area contributed by atoms with Gasteiger partial charge < -0.3 is 5.32 Å². The molecule has 0 saturated carbocycles. The molecule has 92 valence electrons. The Hall–Kier alpha value is -0.640. The summed E-state index contributed by atoms with van der Waals surface area (Å²) in [6.45, 7) is 5.48. The van der Waals surface area contributed by atoms with Gasteiger partial charge in [-0.1, -0.05) is 13.0 Å². The quantitative estimate of drug-likeness (QED) is 0.816. The van der Waals surface area contributed by atoms with E-state index in [1.54, 1.807) is 0 Å². The number of thiophene rings is 2. The van der Waals surface area contributed by atoms with Crippen molar-refractivity contribution in [1.82, 2.24) is 5.32 Å². The second-order valence-electron chi connectivity index (χ2n) is 4.24. The molecule has 0 saturated heterocycles. The van der Waals surface area contributed by atoms with Gasteiger partial charge in [0.05, 0.1) is 0 Å². The van der Waals surface area contributed by atoms with Crippen molar-refractivity contribution in [2.24, 2.45) is 0 Å². The van der Waals surface area contributed by atoms with Crippen LogP contribution in [0.15, 0.2) is 29.6 Å². The first-order valence-corrected chi connectivity index (χ1v) is 7.81. The van der Waals surface area contributed by atoms with Gasteiger partial charge in [-0.25, -0.2) is 0 Å². The average Bonchev–Trinajstić information content (AvgIpc) is 2.95. The summed E-state index contributed by atoms with van der Waals surface area (Å²) in [4.78, 5) is 4.32. The van der Waals surface area contributed by atoms with Gasteiger partial charge in [-0.2, -0.15) is 0 Å². The van der Waals surface area contributed by atoms with Crippen LogP contribution in [0.1, 0.15) is 34.0 Å². The van der Waals surface area contributed by atoms with Crippen LogP contribution in [0.2, 0.25) is 0 Å². The highest BCUT2D eigenvalue weighted by Crippen LogP contribution is 2.27. The molecule has 0 aliphatic heterocycles. The molecule has 2 aromatic rings. The molecule has 3 heteroatoms. The number of nitrogens with one attached hydrogen (secondary N) is 1. The molecule has 1 atom stereocenters. The summed E-state index contributed by atoms with van der Waals surface area (Å²) in [7, 11) is 0. The largest absolute Gasteiger partial charge is 0.309 e. The van der Waals surface area contributed by atoms with Crippen molar-refractivity contribution in [3.63, 3.8) is 0 Å². The molecule has 2 aromatic heterocycles. The van der Waals surface area contributed by atoms with Gasteiger partial charge >= 0.3 is 0 Å². The van der Waals surface area contributed by atoms with Crippen LogP contribution in [-0.4, -0.2) is 6.54 Å². The number of aryl methyl sites for hydroxylation is 1. The van der Waals surface area contributed by atoms with Gasteiger partial charge in [-0.05, 0) is 43.5 Å². The van der Waals surface area contributed by atoms with Gasteiger partial charge in [0.1, 0.15) is 0 Å². The van der Waals surface area contributed by atoms with E-state index >= 15 is 0 Å². The van der Waals surface area contributed by atoms with Gasteiger partial charge in [0, 0.05) is 27.1 Å². The zero-order chi connectivity index (χ0) is 12.1. The summed E-state index contributed by atoms with van der Waals surface area (Å²) in [5, 5.41) is 5.81. The molecule has 0 spiro atoms. The minimum Gasteiger partial charge on any atom is -0.309 e. The van der Waals surface area contributed by atoms with E-state index < -0.39 is 0 Å². The highest BCUT2D eigenvalue weighted by atomic mass is 32.1. The van der Waals surface area contributed by atoms with Crippen LogP contribution in [0.5, 0.6) is 0 Å². The molecule has 0 radical (unpaired) electrons. The molecular formula is C14H19NS2. The van der Waals surface area contributed by atoms with E-state index in [-0.39, 0.29) is 0 Å². The van der Waals surface area contributed by atoms with Gasteiger partial charge in [0.2, 0.25) is 0 Å². The first-order chi connectivity index (χ1) is 8.29. The Balaban J connectivity index is 2.07. The lowest BCUT2D eigenvalue weighted by molar-refractivity contribution is 0.539. The predicted octanol–water partition coefficient (Wildman–Crippen LogP) is 4.40. The second kappa shape index (κ2) is 6.34. The maximum Gasteiger partial charge on any atom is 0.0463 e. The van der Waals surface area contributed by atoms with Crippen molar-refractivity contribution >= 4 is 22.7 Å². The molecule has 1 unspecified atom stereocenters. The molecule has 2 heterocycles. The molecule has 0 fully saturated rings. The van der Waals surface area contributed by atoms with Crippen LogP contribution < -0.4 is 5.32 Å². The summed E-state index contributed by atoms with van der Waals surface area (Å²) in [6.07, 6.45) is 2.29. The topological polar surface area (TPSA) is 12.0 Å². The highest BCUT2D eigenvalue weighted by molar-refractivity contribution is 7.12. The predicted molar refractivity (Wildman–Crippen MR) is 78.1 cm³/mol. The van der Waals surface area contributed by atoms with Crippen molar-refractivity contribution in [3.05, 3.63) is 44.3 Å². The molecule has 0 aliphatic rings. The van der Waals surface area contributed by atoms with E-state index in [9.17, 15) is 0 Å². The maximum absolute atomic E-state index is 3.65. The van der Waals surface area contributed by atoms with Crippen molar-refractivity contribution in [1.29, 1.82) is 0 Å². The van der Waals surface area contributed by atoms with Crippen LogP contribution in [0.4, 0.5) is 0 Å². The lowest BCUT2D eigenvalue weighted by atomic mass is 10.1. The maximum atomic E-state index is 3.65. The third kappa shape index (κ3) is 3.66. The molecule has 2 rings (SSSR count). The minimum absolute atomic E-state index is 0.479. The molecule has 0 aliphatic carbocycles. The summed E-state index contributed by atoms with van der Waals surface area (Å²) in [5.41, 5.74) is 0. The smallest absolute Gasteiger partial charge is 0.0463 e. The first-order valence-electron chi connectivity index (χ1n) is 6.11. The van der Waals surface area contributed by atoms with Crippen LogP contribution in [0.25, 0.3) is 0 Å². The van der Waals surface area contributed by atoms with Gasteiger partial charge in [-0.3, -0.25) is 0 Å². The normalized spacial score (nSPS) is 12.8. The van der Waals surface area contributed by atoms with E-state index in [2.05, 4.69) is 48.8 Å². The van der Waals surface area contributed by atoms with E-state index in [0.717, 1.165) is 13.0 Å². The summed E-state index contributed by atoms with van der Waals surface area (Å²) in [6, 6.07) is 9.32. The zero-order valence-corrected chi connectivity index (χ0v) is 12.0. The average molecular weight is 265 g/mol. The fourth-order valence-corrected chi connectivity index (χ4v) is 3.57. The Labute approximate surface area is 112 Å².